The van der Waals surface area contributed by atoms with Crippen molar-refractivity contribution < 1.29 is 28.5 Å². The number of pyridine rings is 1. The van der Waals surface area contributed by atoms with E-state index in [4.69, 9.17) is 28.7 Å². The molecule has 0 amide bonds. The summed E-state index contributed by atoms with van der Waals surface area (Å²) in [6.45, 7) is 1.65. The van der Waals surface area contributed by atoms with Crippen LogP contribution in [0.5, 0.6) is 23.0 Å². The van der Waals surface area contributed by atoms with Gasteiger partial charge in [0, 0.05) is 43.6 Å². The van der Waals surface area contributed by atoms with Crippen LogP contribution in [0, 0.1) is 0 Å². The van der Waals surface area contributed by atoms with Gasteiger partial charge in [0.15, 0.2) is 28.6 Å². The van der Waals surface area contributed by atoms with Crippen molar-refractivity contribution in [2.75, 3.05) is 41.5 Å². The van der Waals surface area contributed by atoms with Crippen LogP contribution in [0.2, 0.25) is 0 Å². The zero-order chi connectivity index (χ0) is 28.6. The number of hydrogen-bond acceptors (Lipinski definition) is 8. The first-order valence-electron chi connectivity index (χ1n) is 13.8. The Morgan fingerprint density at radius 3 is 2.27 bits per heavy atom. The zero-order valence-corrected chi connectivity index (χ0v) is 23.8. The van der Waals surface area contributed by atoms with Crippen molar-refractivity contribution in [3.05, 3.63) is 89.2 Å². The molecule has 1 fully saturated rings. The normalized spacial score (nSPS) is 20.0. The first-order valence-corrected chi connectivity index (χ1v) is 13.8. The van der Waals surface area contributed by atoms with Gasteiger partial charge in [-0.25, -0.2) is 4.79 Å². The monoisotopic (exact) mass is 554 g/mol. The minimum atomic E-state index is -0.991. The van der Waals surface area contributed by atoms with Crippen molar-refractivity contribution in [1.29, 1.82) is 0 Å². The van der Waals surface area contributed by atoms with Gasteiger partial charge in [-0.3, -0.25) is 9.88 Å². The van der Waals surface area contributed by atoms with Crippen LogP contribution in [0.3, 0.4) is 0 Å². The van der Waals surface area contributed by atoms with E-state index in [1.165, 1.54) is 5.56 Å². The van der Waals surface area contributed by atoms with E-state index in [-0.39, 0.29) is 12.0 Å². The number of carbonyl (C=O) groups excluding carboxylic acids is 1. The first kappa shape index (κ1) is 26.9. The molecule has 3 heterocycles. The Morgan fingerprint density at radius 2 is 1.54 bits per heavy atom. The molecule has 1 aromatic heterocycles. The number of nitrogens with zero attached hydrogens (tertiary/aromatic N) is 2. The molecule has 4 aromatic rings. The highest BCUT2D eigenvalue weighted by atomic mass is 16.6. The van der Waals surface area contributed by atoms with Crippen LogP contribution < -0.4 is 18.9 Å². The van der Waals surface area contributed by atoms with Gasteiger partial charge in [-0.1, -0.05) is 18.2 Å². The maximum absolute atomic E-state index is 13.7. The number of methoxy groups -OCH3 is 4. The Balaban J connectivity index is 1.51. The molecule has 6 rings (SSSR count). The van der Waals surface area contributed by atoms with Crippen LogP contribution in [0.1, 0.15) is 46.1 Å². The molecule has 0 bridgehead atoms. The molecule has 0 aliphatic carbocycles. The summed E-state index contributed by atoms with van der Waals surface area (Å²) in [4.78, 5) is 21.1. The lowest BCUT2D eigenvalue weighted by atomic mass is 9.76. The Hall–Kier alpha value is -4.30. The average molecular weight is 555 g/mol. The molecule has 2 aliphatic rings. The highest BCUT2D eigenvalue weighted by molar-refractivity contribution is 5.91. The summed E-state index contributed by atoms with van der Waals surface area (Å²) >= 11 is 0. The third-order valence-electron chi connectivity index (χ3n) is 8.44. The van der Waals surface area contributed by atoms with Crippen LogP contribution in [-0.4, -0.2) is 57.4 Å². The minimum absolute atomic E-state index is 0.00641. The van der Waals surface area contributed by atoms with E-state index < -0.39 is 5.60 Å². The predicted molar refractivity (Wildman–Crippen MR) is 155 cm³/mol. The zero-order valence-electron chi connectivity index (χ0n) is 23.8. The van der Waals surface area contributed by atoms with E-state index in [9.17, 15) is 4.79 Å². The van der Waals surface area contributed by atoms with Crippen LogP contribution in [0.25, 0.3) is 10.8 Å². The summed E-state index contributed by atoms with van der Waals surface area (Å²) in [6, 6.07) is 19.1. The second-order valence-electron chi connectivity index (χ2n) is 10.5. The third-order valence-corrected chi connectivity index (χ3v) is 8.44. The Labute approximate surface area is 239 Å². The fourth-order valence-corrected chi connectivity index (χ4v) is 6.35. The van der Waals surface area contributed by atoms with Crippen molar-refractivity contribution in [1.82, 2.24) is 9.88 Å². The molecule has 2 aliphatic heterocycles. The molecule has 0 N–H and O–H groups in total. The van der Waals surface area contributed by atoms with Crippen LogP contribution in [0.4, 0.5) is 0 Å². The lowest BCUT2D eigenvalue weighted by molar-refractivity contribution is -0.0768. The molecule has 0 unspecified atom stereocenters. The van der Waals surface area contributed by atoms with E-state index >= 15 is 0 Å². The number of carbonyl (C=O) groups is 1. The molecule has 0 saturated carbocycles. The summed E-state index contributed by atoms with van der Waals surface area (Å²) in [5, 5.41) is 1.79. The van der Waals surface area contributed by atoms with Gasteiger partial charge in [-0.15, -0.1) is 0 Å². The van der Waals surface area contributed by atoms with Gasteiger partial charge in [0.1, 0.15) is 0 Å². The summed E-state index contributed by atoms with van der Waals surface area (Å²) in [6.07, 6.45) is 3.82. The fraction of sp³-hybridized carbons (Fsp3) is 0.333. The standard InChI is InChI=1S/C33H34N2O6/c1-37-27-16-22-10-13-34-31(25(22)19-30(27)40-4)33(41-32(36)21-8-6-5-7-9-21)12-15-35-14-11-23-17-28(38-2)29(39-3)18-24(23)26(35)20-33/h5-10,13,16-19,26H,11-12,14-15,20H2,1-4H3/t26-,33-/m0/s1. The van der Waals surface area contributed by atoms with Crippen molar-refractivity contribution in [3.8, 4) is 23.0 Å². The number of piperidine rings is 1. The highest BCUT2D eigenvalue weighted by Crippen LogP contribution is 2.50. The van der Waals surface area contributed by atoms with Gasteiger partial charge in [0.25, 0.3) is 0 Å². The molecule has 0 spiro atoms. The van der Waals surface area contributed by atoms with Crippen LogP contribution in [-0.2, 0) is 16.8 Å². The average Bonchev–Trinajstić information content (AvgIpc) is 3.03. The van der Waals surface area contributed by atoms with E-state index in [2.05, 4.69) is 17.0 Å². The van der Waals surface area contributed by atoms with Crippen molar-refractivity contribution in [2.24, 2.45) is 0 Å². The number of aromatic nitrogens is 1. The quantitative estimate of drug-likeness (QED) is 0.269. The van der Waals surface area contributed by atoms with Crippen molar-refractivity contribution in [2.45, 2.75) is 30.9 Å². The Bertz CT molecular complexity index is 1590. The summed E-state index contributed by atoms with van der Waals surface area (Å²) in [7, 11) is 6.54. The SMILES string of the molecule is COc1cc2c(cc1OC)[C@@H]1C[C@](OC(=O)c3ccccc3)(c3nccc4cc(OC)c(OC)cc34)CCN1CC2. The molecule has 8 heteroatoms. The second-order valence-corrected chi connectivity index (χ2v) is 10.5. The smallest absolute Gasteiger partial charge is 0.339 e. The predicted octanol–water partition coefficient (Wildman–Crippen LogP) is 5.71. The number of rotatable bonds is 7. The Morgan fingerprint density at radius 1 is 0.854 bits per heavy atom. The molecule has 3 aromatic carbocycles. The number of benzene rings is 3. The number of fused-ring (bicyclic) bond motifs is 4. The van der Waals surface area contributed by atoms with E-state index in [1.807, 2.05) is 36.4 Å². The number of esters is 1. The first-order chi connectivity index (χ1) is 20.0. The van der Waals surface area contributed by atoms with Crippen molar-refractivity contribution in [3.63, 3.8) is 0 Å². The topological polar surface area (TPSA) is 79.4 Å². The lowest BCUT2D eigenvalue weighted by Gasteiger charge is -2.48. The van der Waals surface area contributed by atoms with E-state index in [0.717, 1.165) is 35.8 Å². The molecule has 212 valence electrons. The van der Waals surface area contributed by atoms with Gasteiger partial charge in [-0.2, -0.15) is 0 Å². The maximum Gasteiger partial charge on any atom is 0.339 e. The van der Waals surface area contributed by atoms with Crippen molar-refractivity contribution >= 4 is 16.7 Å². The summed E-state index contributed by atoms with van der Waals surface area (Å²) in [5.41, 5.74) is 2.60. The molecule has 1 saturated heterocycles. The molecular weight excluding hydrogens is 520 g/mol. The summed E-state index contributed by atoms with van der Waals surface area (Å²) in [5.74, 6) is 2.25. The van der Waals surface area contributed by atoms with Gasteiger partial charge in [0.05, 0.1) is 39.7 Å². The van der Waals surface area contributed by atoms with E-state index in [1.54, 1.807) is 46.8 Å². The van der Waals surface area contributed by atoms with Gasteiger partial charge < -0.3 is 23.7 Å². The van der Waals surface area contributed by atoms with Crippen LogP contribution in [0.15, 0.2) is 66.9 Å². The molecule has 8 nitrogen and oxygen atoms in total. The fourth-order valence-electron chi connectivity index (χ4n) is 6.35. The third kappa shape index (κ3) is 4.72. The Kier molecular flexibility index (Phi) is 7.17. The minimum Gasteiger partial charge on any atom is -0.493 e. The molecule has 41 heavy (non-hydrogen) atoms. The van der Waals surface area contributed by atoms with Gasteiger partial charge in [0.2, 0.25) is 0 Å². The molecular formula is C33H34N2O6. The second kappa shape index (κ2) is 10.9. The maximum atomic E-state index is 13.7. The van der Waals surface area contributed by atoms with Gasteiger partial charge >= 0.3 is 5.97 Å². The lowest BCUT2D eigenvalue weighted by Crippen LogP contribution is -2.49. The van der Waals surface area contributed by atoms with E-state index in [0.29, 0.717) is 47.1 Å². The molecule has 2 atom stereocenters. The largest absolute Gasteiger partial charge is 0.493 e. The van der Waals surface area contributed by atoms with Crippen LogP contribution >= 0.6 is 0 Å². The number of hydrogen-bond donors (Lipinski definition) is 0. The number of ether oxygens (including phenoxy) is 5. The molecule has 0 radical (unpaired) electrons. The van der Waals surface area contributed by atoms with Gasteiger partial charge in [-0.05, 0) is 65.4 Å². The summed E-state index contributed by atoms with van der Waals surface area (Å²) < 4.78 is 29.1. The highest BCUT2D eigenvalue weighted by Gasteiger charge is 2.48.